The number of hydrogen-bond acceptors (Lipinski definition) is 9. The third-order valence-corrected chi connectivity index (χ3v) is 10.3. The molecule has 0 saturated carbocycles. The lowest BCUT2D eigenvalue weighted by Gasteiger charge is -2.38. The van der Waals surface area contributed by atoms with Crippen molar-refractivity contribution in [3.63, 3.8) is 0 Å². The third kappa shape index (κ3) is 14.7. The maximum absolute atomic E-state index is 6.76. The van der Waals surface area contributed by atoms with Crippen LogP contribution < -0.4 is 5.84 Å². The van der Waals surface area contributed by atoms with Crippen LogP contribution in [0.25, 0.3) is 0 Å². The second kappa shape index (κ2) is 23.5. The van der Waals surface area contributed by atoms with E-state index in [1.165, 1.54) is 64.2 Å². The Labute approximate surface area is 247 Å². The minimum absolute atomic E-state index is 0.298. The van der Waals surface area contributed by atoms with E-state index in [1.807, 2.05) is 27.7 Å². The number of unbranched alkanes of at least 4 members (excludes halogenated alkanes) is 10. The molecule has 0 spiro atoms. The van der Waals surface area contributed by atoms with Crippen LogP contribution in [0.4, 0.5) is 0 Å². The first kappa shape index (κ1) is 37.0. The smallest absolute Gasteiger partial charge is 0.464 e. The highest BCUT2D eigenvalue weighted by molar-refractivity contribution is 6.60. The van der Waals surface area contributed by atoms with E-state index in [-0.39, 0.29) is 6.29 Å². The van der Waals surface area contributed by atoms with Crippen LogP contribution in [0.5, 0.6) is 0 Å². The van der Waals surface area contributed by atoms with Crippen molar-refractivity contribution in [2.75, 3.05) is 39.5 Å². The standard InChI is InChI=1S/C30H63N5O4Si/c1-7-13-15-17-19-21-25-34(26-22-20-18-16-14-8-2)30-33-29(36-9-3)32-28(35(30)31)24-23-27-40(37-10-4,38-11-5)39-12-6/h30H,7-27,31H2,1-6H3. The number of hydrogen-bond donors (Lipinski definition) is 1. The lowest BCUT2D eigenvalue weighted by Crippen LogP contribution is -2.56. The fourth-order valence-corrected chi connectivity index (χ4v) is 7.74. The quantitative estimate of drug-likeness (QED) is 0.0657. The van der Waals surface area contributed by atoms with Crippen molar-refractivity contribution in [1.29, 1.82) is 0 Å². The summed E-state index contributed by atoms with van der Waals surface area (Å²) in [6.45, 7) is 16.7. The lowest BCUT2D eigenvalue weighted by molar-refractivity contribution is 0.0705. The molecule has 0 aromatic heterocycles. The summed E-state index contributed by atoms with van der Waals surface area (Å²) in [6, 6.07) is 1.16. The van der Waals surface area contributed by atoms with E-state index in [0.717, 1.165) is 44.2 Å². The second-order valence-corrected chi connectivity index (χ2v) is 13.3. The number of amidine groups is 2. The maximum atomic E-state index is 6.76. The molecule has 1 rings (SSSR count). The van der Waals surface area contributed by atoms with Gasteiger partial charge in [0, 0.05) is 45.4 Å². The maximum Gasteiger partial charge on any atom is 0.500 e. The highest BCUT2D eigenvalue weighted by Crippen LogP contribution is 2.22. The van der Waals surface area contributed by atoms with Gasteiger partial charge in [-0.3, -0.25) is 9.91 Å². The minimum Gasteiger partial charge on any atom is -0.464 e. The molecule has 0 aromatic rings. The average Bonchev–Trinajstić information content (AvgIpc) is 2.93. The number of nitrogens with zero attached hydrogens (tertiary/aromatic N) is 4. The van der Waals surface area contributed by atoms with Gasteiger partial charge in [0.1, 0.15) is 5.84 Å². The molecule has 10 heteroatoms. The molecule has 1 unspecified atom stereocenters. The normalized spacial score (nSPS) is 16.0. The molecule has 9 nitrogen and oxygen atoms in total. The Bertz CT molecular complexity index is 649. The van der Waals surface area contributed by atoms with Crippen LogP contribution in [-0.2, 0) is 18.0 Å². The van der Waals surface area contributed by atoms with Gasteiger partial charge in [-0.2, -0.15) is 9.98 Å². The highest BCUT2D eigenvalue weighted by atomic mass is 28.4. The van der Waals surface area contributed by atoms with Crippen LogP contribution in [0.2, 0.25) is 6.04 Å². The Morgan fingerprint density at radius 2 is 1.20 bits per heavy atom. The number of hydrazine groups is 1. The largest absolute Gasteiger partial charge is 0.500 e. The zero-order chi connectivity index (χ0) is 29.5. The summed E-state index contributed by atoms with van der Waals surface area (Å²) in [6.07, 6.45) is 16.4. The van der Waals surface area contributed by atoms with E-state index in [4.69, 9.17) is 33.8 Å². The van der Waals surface area contributed by atoms with E-state index in [1.54, 1.807) is 5.01 Å². The molecule has 0 saturated heterocycles. The molecule has 0 amide bonds. The van der Waals surface area contributed by atoms with Crippen molar-refractivity contribution in [3.05, 3.63) is 0 Å². The summed E-state index contributed by atoms with van der Waals surface area (Å²) in [7, 11) is -2.72. The third-order valence-electron chi connectivity index (χ3n) is 7.17. The average molecular weight is 586 g/mol. The van der Waals surface area contributed by atoms with E-state index in [9.17, 15) is 0 Å². The zero-order valence-corrected chi connectivity index (χ0v) is 27.9. The van der Waals surface area contributed by atoms with Gasteiger partial charge in [0.25, 0.3) is 0 Å². The highest BCUT2D eigenvalue weighted by Gasteiger charge is 2.40. The SMILES string of the molecule is CCCCCCCCN(CCCCCCCC)C1N=C(OCC)N=C(CCC[Si](OCC)(OCC)OCC)N1N. The Hall–Kier alpha value is -1.04. The predicted octanol–water partition coefficient (Wildman–Crippen LogP) is 7.10. The van der Waals surface area contributed by atoms with Gasteiger partial charge in [0.2, 0.25) is 0 Å². The van der Waals surface area contributed by atoms with E-state index < -0.39 is 8.80 Å². The molecular formula is C30H63N5O4Si. The summed E-state index contributed by atoms with van der Waals surface area (Å²) in [5, 5.41) is 1.77. The van der Waals surface area contributed by atoms with Gasteiger partial charge in [0.05, 0.1) is 6.61 Å². The molecule has 1 heterocycles. The Kier molecular flexibility index (Phi) is 21.7. The van der Waals surface area contributed by atoms with Crippen LogP contribution in [0.1, 0.15) is 131 Å². The summed E-state index contributed by atoms with van der Waals surface area (Å²) in [5.41, 5.74) is 0. The van der Waals surface area contributed by atoms with Gasteiger partial charge >= 0.3 is 14.8 Å². The van der Waals surface area contributed by atoms with Gasteiger partial charge in [-0.1, -0.05) is 78.1 Å². The molecule has 0 aromatic carbocycles. The van der Waals surface area contributed by atoms with Crippen LogP contribution in [-0.4, -0.2) is 76.4 Å². The first-order valence-electron chi connectivity index (χ1n) is 16.5. The molecule has 40 heavy (non-hydrogen) atoms. The topological polar surface area (TPSA) is 94.1 Å². The van der Waals surface area contributed by atoms with Crippen LogP contribution in [0.3, 0.4) is 0 Å². The molecule has 0 bridgehead atoms. The summed E-state index contributed by atoms with van der Waals surface area (Å²) >= 11 is 0. The minimum atomic E-state index is -2.72. The van der Waals surface area contributed by atoms with Crippen LogP contribution >= 0.6 is 0 Å². The first-order valence-corrected chi connectivity index (χ1v) is 18.4. The molecule has 236 valence electrons. The van der Waals surface area contributed by atoms with Crippen molar-refractivity contribution >= 4 is 20.7 Å². The molecule has 0 aliphatic carbocycles. The molecule has 0 fully saturated rings. The van der Waals surface area contributed by atoms with Crippen molar-refractivity contribution in [2.45, 2.75) is 144 Å². The second-order valence-electron chi connectivity index (χ2n) is 10.5. The summed E-state index contributed by atoms with van der Waals surface area (Å²) in [5.74, 6) is 7.56. The zero-order valence-electron chi connectivity index (χ0n) is 26.9. The van der Waals surface area contributed by atoms with Crippen molar-refractivity contribution < 1.29 is 18.0 Å². The molecule has 1 aliphatic heterocycles. The van der Waals surface area contributed by atoms with Gasteiger partial charge in [0.15, 0.2) is 6.29 Å². The Balaban J connectivity index is 2.94. The number of ether oxygens (including phenoxy) is 1. The fourth-order valence-electron chi connectivity index (χ4n) is 5.13. The molecular weight excluding hydrogens is 522 g/mol. The summed E-state index contributed by atoms with van der Waals surface area (Å²) in [4.78, 5) is 12.0. The van der Waals surface area contributed by atoms with Crippen molar-refractivity contribution in [3.8, 4) is 0 Å². The summed E-state index contributed by atoms with van der Waals surface area (Å²) < 4.78 is 24.0. The van der Waals surface area contributed by atoms with E-state index in [0.29, 0.717) is 38.9 Å². The van der Waals surface area contributed by atoms with Crippen LogP contribution in [0.15, 0.2) is 9.98 Å². The fraction of sp³-hybridized carbons (Fsp3) is 0.933. The van der Waals surface area contributed by atoms with Gasteiger partial charge in [-0.25, -0.2) is 5.84 Å². The monoisotopic (exact) mass is 585 g/mol. The number of aliphatic imine (C=N–C) groups is 2. The van der Waals surface area contributed by atoms with Crippen LogP contribution in [0, 0.1) is 0 Å². The molecule has 0 radical (unpaired) electrons. The Morgan fingerprint density at radius 1 is 0.700 bits per heavy atom. The molecule has 1 atom stereocenters. The first-order chi connectivity index (χ1) is 19.5. The van der Waals surface area contributed by atoms with Gasteiger partial charge in [-0.05, 0) is 47.0 Å². The molecule has 1 aliphatic rings. The van der Waals surface area contributed by atoms with Gasteiger partial charge in [-0.15, -0.1) is 0 Å². The van der Waals surface area contributed by atoms with E-state index in [2.05, 4.69) is 18.7 Å². The Morgan fingerprint density at radius 3 is 1.68 bits per heavy atom. The van der Waals surface area contributed by atoms with Crippen molar-refractivity contribution in [1.82, 2.24) is 9.91 Å². The molecule has 2 N–H and O–H groups in total. The van der Waals surface area contributed by atoms with E-state index >= 15 is 0 Å². The number of nitrogens with two attached hydrogens (primary N) is 1. The lowest BCUT2D eigenvalue weighted by atomic mass is 10.1. The van der Waals surface area contributed by atoms with Crippen molar-refractivity contribution in [2.24, 2.45) is 15.8 Å². The van der Waals surface area contributed by atoms with Gasteiger partial charge < -0.3 is 18.0 Å². The number of rotatable bonds is 26. The predicted molar refractivity (Wildman–Crippen MR) is 169 cm³/mol.